The summed E-state index contributed by atoms with van der Waals surface area (Å²) in [6.07, 6.45) is 2.71. The Balaban J connectivity index is 1.55. The standard InChI is InChI=1S/C26H25BrClN7O2/c1-3-5-10-20-30-24(28)22(26(36)29-4-2)35(20)14-15-11-12-19-18(13-15)21(27)23(37-19)16-8-6-7-9-17(16)25-31-33-34-32-25/h6-9,11-13H,3-5,10,14H2,1-2H3,(H,29,36)(H,31,32,33,34). The second-order valence-corrected chi connectivity index (χ2v) is 9.72. The van der Waals surface area contributed by atoms with E-state index in [1.807, 2.05) is 47.9 Å². The first-order chi connectivity index (χ1) is 18.0. The van der Waals surface area contributed by atoms with Gasteiger partial charge in [-0.25, -0.2) is 4.98 Å². The number of carbonyl (C=O) groups excluding carboxylic acids is 1. The summed E-state index contributed by atoms with van der Waals surface area (Å²) in [5, 5.41) is 18.4. The molecule has 0 atom stereocenters. The summed E-state index contributed by atoms with van der Waals surface area (Å²) in [5.41, 5.74) is 3.75. The Morgan fingerprint density at radius 2 is 2.00 bits per heavy atom. The van der Waals surface area contributed by atoms with Crippen molar-refractivity contribution in [2.24, 2.45) is 0 Å². The fourth-order valence-electron chi connectivity index (χ4n) is 4.34. The number of aromatic amines is 1. The molecule has 9 nitrogen and oxygen atoms in total. The summed E-state index contributed by atoms with van der Waals surface area (Å²) in [7, 11) is 0. The number of hydrogen-bond acceptors (Lipinski definition) is 6. The molecule has 0 saturated heterocycles. The fraction of sp³-hybridized carbons (Fsp3) is 0.269. The number of unbranched alkanes of at least 4 members (excludes halogenated alkanes) is 1. The van der Waals surface area contributed by atoms with Crippen LogP contribution in [-0.2, 0) is 13.0 Å². The van der Waals surface area contributed by atoms with Crippen LogP contribution in [0.5, 0.6) is 0 Å². The molecule has 3 heterocycles. The van der Waals surface area contributed by atoms with Crippen molar-refractivity contribution in [3.63, 3.8) is 0 Å². The summed E-state index contributed by atoms with van der Waals surface area (Å²) >= 11 is 10.2. The largest absolute Gasteiger partial charge is 0.455 e. The molecule has 0 aliphatic rings. The predicted molar refractivity (Wildman–Crippen MR) is 145 cm³/mol. The molecule has 37 heavy (non-hydrogen) atoms. The van der Waals surface area contributed by atoms with E-state index in [2.05, 4.69) is 59.8 Å². The Labute approximate surface area is 226 Å². The lowest BCUT2D eigenvalue weighted by atomic mass is 10.0. The Bertz CT molecular complexity index is 1560. The van der Waals surface area contributed by atoms with Crippen LogP contribution in [0.4, 0.5) is 0 Å². The maximum atomic E-state index is 12.8. The number of rotatable bonds is 9. The number of halogens is 2. The quantitative estimate of drug-likeness (QED) is 0.219. The van der Waals surface area contributed by atoms with Gasteiger partial charge in [-0.1, -0.05) is 55.3 Å². The van der Waals surface area contributed by atoms with E-state index in [0.29, 0.717) is 30.4 Å². The van der Waals surface area contributed by atoms with E-state index in [1.54, 1.807) is 0 Å². The molecule has 0 radical (unpaired) electrons. The number of H-pyrrole nitrogens is 1. The second kappa shape index (κ2) is 10.9. The molecule has 0 fully saturated rings. The summed E-state index contributed by atoms with van der Waals surface area (Å²) < 4.78 is 9.01. The van der Waals surface area contributed by atoms with E-state index in [0.717, 1.165) is 57.2 Å². The van der Waals surface area contributed by atoms with Gasteiger partial charge in [0.05, 0.1) is 4.47 Å². The highest BCUT2D eigenvalue weighted by atomic mass is 79.9. The van der Waals surface area contributed by atoms with E-state index in [-0.39, 0.29) is 11.1 Å². The van der Waals surface area contributed by atoms with Crippen molar-refractivity contribution in [2.45, 2.75) is 39.7 Å². The number of hydrogen-bond donors (Lipinski definition) is 2. The molecule has 1 amide bonds. The molecule has 190 valence electrons. The number of carbonyl (C=O) groups is 1. The van der Waals surface area contributed by atoms with Gasteiger partial charge in [0.15, 0.2) is 5.15 Å². The van der Waals surface area contributed by atoms with Gasteiger partial charge in [0.1, 0.15) is 22.9 Å². The Morgan fingerprint density at radius 1 is 1.19 bits per heavy atom. The number of benzene rings is 2. The molecule has 3 aromatic heterocycles. The van der Waals surface area contributed by atoms with E-state index < -0.39 is 0 Å². The molecule has 2 N–H and O–H groups in total. The van der Waals surface area contributed by atoms with Gasteiger partial charge in [-0.15, -0.1) is 10.2 Å². The number of amides is 1. The van der Waals surface area contributed by atoms with Gasteiger partial charge in [0, 0.05) is 36.0 Å². The van der Waals surface area contributed by atoms with Gasteiger partial charge >= 0.3 is 0 Å². The number of imidazole rings is 1. The van der Waals surface area contributed by atoms with Crippen LogP contribution in [-0.4, -0.2) is 42.6 Å². The van der Waals surface area contributed by atoms with Crippen molar-refractivity contribution in [1.82, 2.24) is 35.5 Å². The average molecular weight is 583 g/mol. The molecule has 5 rings (SSSR count). The first-order valence-corrected chi connectivity index (χ1v) is 13.3. The maximum Gasteiger partial charge on any atom is 0.271 e. The third-order valence-electron chi connectivity index (χ3n) is 6.10. The number of aromatic nitrogens is 6. The van der Waals surface area contributed by atoms with E-state index in [4.69, 9.17) is 16.0 Å². The van der Waals surface area contributed by atoms with Gasteiger partial charge in [-0.05, 0) is 52.2 Å². The number of fused-ring (bicyclic) bond motifs is 1. The van der Waals surface area contributed by atoms with E-state index in [9.17, 15) is 4.79 Å². The number of nitrogens with one attached hydrogen (secondary N) is 2. The zero-order valence-corrected chi connectivity index (χ0v) is 22.7. The minimum Gasteiger partial charge on any atom is -0.455 e. The van der Waals surface area contributed by atoms with Crippen molar-refractivity contribution >= 4 is 44.4 Å². The summed E-state index contributed by atoms with van der Waals surface area (Å²) in [4.78, 5) is 17.3. The molecule has 0 aliphatic heterocycles. The van der Waals surface area contributed by atoms with E-state index in [1.165, 1.54) is 0 Å². The average Bonchev–Trinajstić information content (AvgIpc) is 3.62. The molecular weight excluding hydrogens is 558 g/mol. The molecule has 0 saturated carbocycles. The lowest BCUT2D eigenvalue weighted by Crippen LogP contribution is -2.26. The number of nitrogens with zero attached hydrogens (tertiary/aromatic N) is 5. The molecular formula is C26H25BrClN7O2. The first-order valence-electron chi connectivity index (χ1n) is 12.1. The fourth-order valence-corrected chi connectivity index (χ4v) is 5.23. The van der Waals surface area contributed by atoms with Gasteiger partial charge in [0.25, 0.3) is 5.91 Å². The van der Waals surface area contributed by atoms with Crippen LogP contribution in [0.15, 0.2) is 51.4 Å². The third kappa shape index (κ3) is 4.91. The molecule has 11 heteroatoms. The predicted octanol–water partition coefficient (Wildman–Crippen LogP) is 6.03. The highest BCUT2D eigenvalue weighted by Gasteiger charge is 2.23. The number of tetrazole rings is 1. The van der Waals surface area contributed by atoms with Crippen molar-refractivity contribution in [2.75, 3.05) is 6.54 Å². The van der Waals surface area contributed by atoms with Crippen molar-refractivity contribution < 1.29 is 9.21 Å². The third-order valence-corrected chi connectivity index (χ3v) is 7.15. The molecule has 0 unspecified atom stereocenters. The summed E-state index contributed by atoms with van der Waals surface area (Å²) in [6.45, 7) is 4.96. The highest BCUT2D eigenvalue weighted by Crippen LogP contribution is 2.41. The van der Waals surface area contributed by atoms with Crippen molar-refractivity contribution in [1.29, 1.82) is 0 Å². The highest BCUT2D eigenvalue weighted by molar-refractivity contribution is 9.10. The molecule has 0 bridgehead atoms. The number of aryl methyl sites for hydroxylation is 1. The summed E-state index contributed by atoms with van der Waals surface area (Å²) in [6, 6.07) is 13.7. The lowest BCUT2D eigenvalue weighted by molar-refractivity contribution is 0.0947. The Kier molecular flexibility index (Phi) is 7.38. The first kappa shape index (κ1) is 25.2. The maximum absolute atomic E-state index is 12.8. The van der Waals surface area contributed by atoms with Gasteiger partial charge in [-0.2, -0.15) is 5.21 Å². The summed E-state index contributed by atoms with van der Waals surface area (Å²) in [5.74, 6) is 1.73. The van der Waals surface area contributed by atoms with Crippen molar-refractivity contribution in [3.05, 3.63) is 69.2 Å². The van der Waals surface area contributed by atoms with E-state index >= 15 is 0 Å². The molecule has 0 aliphatic carbocycles. The monoisotopic (exact) mass is 581 g/mol. The molecule has 0 spiro atoms. The van der Waals surface area contributed by atoms with Crippen LogP contribution in [0.3, 0.4) is 0 Å². The van der Waals surface area contributed by atoms with Crippen LogP contribution in [0.2, 0.25) is 5.15 Å². The smallest absolute Gasteiger partial charge is 0.271 e. The van der Waals surface area contributed by atoms with Crippen LogP contribution in [0.25, 0.3) is 33.7 Å². The van der Waals surface area contributed by atoms with Crippen LogP contribution < -0.4 is 5.32 Å². The topological polar surface area (TPSA) is 115 Å². The Morgan fingerprint density at radius 3 is 2.73 bits per heavy atom. The Hall–Kier alpha value is -3.50. The van der Waals surface area contributed by atoms with Crippen LogP contribution in [0.1, 0.15) is 48.6 Å². The molecule has 2 aromatic carbocycles. The van der Waals surface area contributed by atoms with Gasteiger partial charge in [0.2, 0.25) is 5.82 Å². The zero-order valence-electron chi connectivity index (χ0n) is 20.4. The van der Waals surface area contributed by atoms with Crippen LogP contribution in [0, 0.1) is 0 Å². The van der Waals surface area contributed by atoms with Gasteiger partial charge < -0.3 is 14.3 Å². The lowest BCUT2D eigenvalue weighted by Gasteiger charge is -2.12. The SMILES string of the molecule is CCCCc1nc(Cl)c(C(=O)NCC)n1Cc1ccc2oc(-c3ccccc3-c3nn[nH]n3)c(Br)c2c1. The normalized spacial score (nSPS) is 11.4. The number of furan rings is 1. The van der Waals surface area contributed by atoms with Crippen molar-refractivity contribution in [3.8, 4) is 22.7 Å². The molecule has 5 aromatic rings. The van der Waals surface area contributed by atoms with Crippen LogP contribution >= 0.6 is 27.5 Å². The van der Waals surface area contributed by atoms with Gasteiger partial charge in [-0.3, -0.25) is 4.79 Å². The zero-order chi connectivity index (χ0) is 25.9. The second-order valence-electron chi connectivity index (χ2n) is 8.57. The minimum atomic E-state index is -0.228. The minimum absolute atomic E-state index is 0.225.